The van der Waals surface area contributed by atoms with E-state index >= 15 is 0 Å². The number of benzene rings is 2. The molecule has 2 aromatic rings. The molecule has 2 N–H and O–H groups in total. The zero-order valence-corrected chi connectivity index (χ0v) is 10.3. The SMILES string of the molecule is OB(O)c1cccc(COc2ccc(Cl)cc2)c1. The molecule has 3 nitrogen and oxygen atoms in total. The molecule has 0 bridgehead atoms. The highest BCUT2D eigenvalue weighted by molar-refractivity contribution is 6.58. The fourth-order valence-corrected chi connectivity index (χ4v) is 1.67. The molecule has 0 aliphatic carbocycles. The molecule has 0 aromatic heterocycles. The third kappa shape index (κ3) is 3.50. The third-order valence-corrected chi connectivity index (χ3v) is 2.72. The smallest absolute Gasteiger partial charge is 0.488 e. The van der Waals surface area contributed by atoms with E-state index in [1.54, 1.807) is 42.5 Å². The van der Waals surface area contributed by atoms with E-state index in [0.29, 0.717) is 22.8 Å². The number of halogens is 1. The minimum Gasteiger partial charge on any atom is -0.489 e. The van der Waals surface area contributed by atoms with Crippen LogP contribution >= 0.6 is 11.6 Å². The molecule has 0 unspecified atom stereocenters. The molecule has 2 rings (SSSR count). The van der Waals surface area contributed by atoms with Crippen LogP contribution in [-0.2, 0) is 6.61 Å². The van der Waals surface area contributed by atoms with Gasteiger partial charge in [-0.25, -0.2) is 0 Å². The summed E-state index contributed by atoms with van der Waals surface area (Å²) < 4.78 is 5.56. The molecule has 0 amide bonds. The normalized spacial score (nSPS) is 10.2. The van der Waals surface area contributed by atoms with Gasteiger partial charge in [0.05, 0.1) is 0 Å². The first-order valence-corrected chi connectivity index (χ1v) is 5.86. The number of rotatable bonds is 4. The summed E-state index contributed by atoms with van der Waals surface area (Å²) in [5, 5.41) is 18.8. The quantitative estimate of drug-likeness (QED) is 0.823. The zero-order valence-electron chi connectivity index (χ0n) is 9.58. The lowest BCUT2D eigenvalue weighted by Gasteiger charge is -2.07. The molecule has 0 spiro atoms. The largest absolute Gasteiger partial charge is 0.489 e. The molecule has 5 heteroatoms. The number of hydrogen-bond donors (Lipinski definition) is 2. The van der Waals surface area contributed by atoms with E-state index < -0.39 is 7.12 Å². The van der Waals surface area contributed by atoms with Gasteiger partial charge >= 0.3 is 7.12 Å². The molecule has 0 saturated carbocycles. The summed E-state index contributed by atoms with van der Waals surface area (Å²) in [4.78, 5) is 0. The van der Waals surface area contributed by atoms with Crippen LogP contribution in [0.15, 0.2) is 48.5 Å². The lowest BCUT2D eigenvalue weighted by Crippen LogP contribution is -2.29. The minimum absolute atomic E-state index is 0.363. The summed E-state index contributed by atoms with van der Waals surface area (Å²) in [6.45, 7) is 0.363. The number of hydrogen-bond acceptors (Lipinski definition) is 3. The predicted octanol–water partition coefficient (Wildman–Crippen LogP) is 1.60. The summed E-state index contributed by atoms with van der Waals surface area (Å²) in [6.07, 6.45) is 0. The Morgan fingerprint density at radius 2 is 1.78 bits per heavy atom. The van der Waals surface area contributed by atoms with Crippen LogP contribution in [0.3, 0.4) is 0 Å². The molecule has 2 aromatic carbocycles. The second-order valence-electron chi connectivity index (χ2n) is 3.86. The molecule has 0 aliphatic heterocycles. The van der Waals surface area contributed by atoms with Crippen LogP contribution in [0.1, 0.15) is 5.56 Å². The van der Waals surface area contributed by atoms with Crippen molar-refractivity contribution in [3.63, 3.8) is 0 Å². The van der Waals surface area contributed by atoms with Crippen molar-refractivity contribution >= 4 is 24.2 Å². The fraction of sp³-hybridized carbons (Fsp3) is 0.0769. The van der Waals surface area contributed by atoms with Gasteiger partial charge in [-0.05, 0) is 35.3 Å². The second kappa shape index (κ2) is 5.91. The van der Waals surface area contributed by atoms with E-state index in [0.717, 1.165) is 5.56 Å². The van der Waals surface area contributed by atoms with Crippen molar-refractivity contribution in [2.75, 3.05) is 0 Å². The van der Waals surface area contributed by atoms with Crippen LogP contribution in [0.4, 0.5) is 0 Å². The van der Waals surface area contributed by atoms with Gasteiger partial charge in [0.25, 0.3) is 0 Å². The maximum Gasteiger partial charge on any atom is 0.488 e. The van der Waals surface area contributed by atoms with Crippen LogP contribution in [0.5, 0.6) is 5.75 Å². The van der Waals surface area contributed by atoms with Gasteiger partial charge in [0.2, 0.25) is 0 Å². The summed E-state index contributed by atoms with van der Waals surface area (Å²) in [7, 11) is -1.46. The molecule has 18 heavy (non-hydrogen) atoms. The molecule has 0 saturated heterocycles. The third-order valence-electron chi connectivity index (χ3n) is 2.47. The van der Waals surface area contributed by atoms with Gasteiger partial charge in [0, 0.05) is 5.02 Å². The van der Waals surface area contributed by atoms with Crippen molar-refractivity contribution in [3.8, 4) is 5.75 Å². The van der Waals surface area contributed by atoms with Crippen LogP contribution in [0, 0.1) is 0 Å². The van der Waals surface area contributed by atoms with Gasteiger partial charge in [-0.3, -0.25) is 0 Å². The summed E-state index contributed by atoms with van der Waals surface area (Å²) in [5.41, 5.74) is 1.32. The van der Waals surface area contributed by atoms with Crippen molar-refractivity contribution in [3.05, 3.63) is 59.1 Å². The highest BCUT2D eigenvalue weighted by atomic mass is 35.5. The van der Waals surface area contributed by atoms with Crippen molar-refractivity contribution in [1.29, 1.82) is 0 Å². The highest BCUT2D eigenvalue weighted by Crippen LogP contribution is 2.16. The van der Waals surface area contributed by atoms with Gasteiger partial charge in [-0.1, -0.05) is 35.9 Å². The lowest BCUT2D eigenvalue weighted by atomic mass is 9.80. The van der Waals surface area contributed by atoms with E-state index in [4.69, 9.17) is 26.4 Å². The Morgan fingerprint density at radius 3 is 2.44 bits per heavy atom. The molecular weight excluding hydrogens is 250 g/mol. The maximum absolute atomic E-state index is 9.06. The average Bonchev–Trinajstić information content (AvgIpc) is 2.38. The van der Waals surface area contributed by atoms with Crippen LogP contribution in [0.2, 0.25) is 5.02 Å². The Hall–Kier alpha value is -1.49. The van der Waals surface area contributed by atoms with Crippen LogP contribution < -0.4 is 10.2 Å². The van der Waals surface area contributed by atoms with Gasteiger partial charge in [-0.15, -0.1) is 0 Å². The first kappa shape index (κ1) is 13.0. The molecular formula is C13H12BClO3. The summed E-state index contributed by atoms with van der Waals surface area (Å²) >= 11 is 5.77. The molecule has 0 atom stereocenters. The fourth-order valence-electron chi connectivity index (χ4n) is 1.54. The van der Waals surface area contributed by atoms with Gasteiger partial charge < -0.3 is 14.8 Å². The Bertz CT molecular complexity index is 514. The van der Waals surface area contributed by atoms with E-state index in [1.807, 2.05) is 6.07 Å². The Labute approximate surface area is 111 Å². The van der Waals surface area contributed by atoms with Crippen molar-refractivity contribution in [1.82, 2.24) is 0 Å². The standard InChI is InChI=1S/C13H12BClO3/c15-12-4-6-13(7-5-12)18-9-10-2-1-3-11(8-10)14(16)17/h1-8,16-17H,9H2. The predicted molar refractivity (Wildman–Crippen MR) is 72.1 cm³/mol. The van der Waals surface area contributed by atoms with Gasteiger partial charge in [-0.2, -0.15) is 0 Å². The molecule has 0 heterocycles. The Morgan fingerprint density at radius 1 is 1.06 bits per heavy atom. The van der Waals surface area contributed by atoms with Crippen molar-refractivity contribution < 1.29 is 14.8 Å². The average molecular weight is 263 g/mol. The molecule has 92 valence electrons. The van der Waals surface area contributed by atoms with Crippen molar-refractivity contribution in [2.24, 2.45) is 0 Å². The topological polar surface area (TPSA) is 49.7 Å². The van der Waals surface area contributed by atoms with E-state index in [9.17, 15) is 0 Å². The lowest BCUT2D eigenvalue weighted by molar-refractivity contribution is 0.306. The van der Waals surface area contributed by atoms with E-state index in [-0.39, 0.29) is 0 Å². The first-order valence-electron chi connectivity index (χ1n) is 5.48. The Kier molecular flexibility index (Phi) is 4.26. The van der Waals surface area contributed by atoms with Crippen LogP contribution in [0.25, 0.3) is 0 Å². The summed E-state index contributed by atoms with van der Waals surface area (Å²) in [5.74, 6) is 0.717. The van der Waals surface area contributed by atoms with Crippen LogP contribution in [-0.4, -0.2) is 17.2 Å². The number of ether oxygens (including phenoxy) is 1. The second-order valence-corrected chi connectivity index (χ2v) is 4.30. The highest BCUT2D eigenvalue weighted by Gasteiger charge is 2.10. The van der Waals surface area contributed by atoms with Gasteiger partial charge in [0.1, 0.15) is 12.4 Å². The minimum atomic E-state index is -1.46. The maximum atomic E-state index is 9.06. The van der Waals surface area contributed by atoms with E-state index in [1.165, 1.54) is 0 Å². The van der Waals surface area contributed by atoms with Gasteiger partial charge in [0.15, 0.2) is 0 Å². The first-order chi connectivity index (χ1) is 8.65. The van der Waals surface area contributed by atoms with E-state index in [2.05, 4.69) is 0 Å². The monoisotopic (exact) mass is 262 g/mol. The summed E-state index contributed by atoms with van der Waals surface area (Å²) in [6, 6.07) is 14.0. The molecule has 0 fully saturated rings. The molecule has 0 aliphatic rings. The zero-order chi connectivity index (χ0) is 13.0. The molecule has 0 radical (unpaired) electrons. The Balaban J connectivity index is 2.01. The van der Waals surface area contributed by atoms with Crippen molar-refractivity contribution in [2.45, 2.75) is 6.61 Å².